The van der Waals surface area contributed by atoms with Crippen LogP contribution in [0.25, 0.3) is 0 Å². The molecule has 162 valence electrons. The van der Waals surface area contributed by atoms with Gasteiger partial charge in [-0.3, -0.25) is 0 Å². The zero-order valence-electron chi connectivity index (χ0n) is 19.3. The summed E-state index contributed by atoms with van der Waals surface area (Å²) in [5, 5.41) is 10.2. The first-order chi connectivity index (χ1) is 13.4. The molecule has 28 heavy (non-hydrogen) atoms. The maximum absolute atomic E-state index is 10.8. The number of aliphatic hydroxyl groups is 1. The third-order valence-electron chi connectivity index (χ3n) is 10.1. The van der Waals surface area contributed by atoms with Gasteiger partial charge in [0, 0.05) is 6.42 Å². The fraction of sp³-hybridized carbons (Fsp3) is 0.962. The first-order valence-electron chi connectivity index (χ1n) is 12.5. The number of aldehydes is 1. The minimum atomic E-state index is -0.0342. The molecule has 0 amide bonds. The zero-order valence-corrected chi connectivity index (χ0v) is 19.3. The average molecular weight is 391 g/mol. The van der Waals surface area contributed by atoms with Crippen molar-refractivity contribution in [3.05, 3.63) is 0 Å². The van der Waals surface area contributed by atoms with Crippen LogP contribution in [0.4, 0.5) is 0 Å². The summed E-state index contributed by atoms with van der Waals surface area (Å²) in [6.45, 7) is 11.6. The van der Waals surface area contributed by atoms with Gasteiger partial charge >= 0.3 is 0 Å². The van der Waals surface area contributed by atoms with Gasteiger partial charge in [-0.2, -0.15) is 0 Å². The highest BCUT2D eigenvalue weighted by molar-refractivity contribution is 5.49. The van der Waals surface area contributed by atoms with Crippen molar-refractivity contribution in [2.75, 3.05) is 0 Å². The molecular formula is C26H46O2. The van der Waals surface area contributed by atoms with Crippen LogP contribution in [0.1, 0.15) is 105 Å². The van der Waals surface area contributed by atoms with Crippen molar-refractivity contribution in [2.24, 2.45) is 46.3 Å². The van der Waals surface area contributed by atoms with Crippen LogP contribution in [0, 0.1) is 46.3 Å². The third kappa shape index (κ3) is 3.61. The van der Waals surface area contributed by atoms with Gasteiger partial charge in [0.25, 0.3) is 0 Å². The highest BCUT2D eigenvalue weighted by atomic mass is 16.3. The van der Waals surface area contributed by atoms with Gasteiger partial charge in [0.2, 0.25) is 0 Å². The van der Waals surface area contributed by atoms with E-state index in [0.29, 0.717) is 16.7 Å². The molecule has 0 radical (unpaired) electrons. The largest absolute Gasteiger partial charge is 0.393 e. The average Bonchev–Trinajstić information content (AvgIpc) is 3.05. The van der Waals surface area contributed by atoms with E-state index in [0.717, 1.165) is 61.6 Å². The molecule has 4 rings (SSSR count). The molecule has 4 saturated carbocycles. The molecule has 0 aromatic heterocycles. The first-order valence-corrected chi connectivity index (χ1v) is 12.5. The van der Waals surface area contributed by atoms with Crippen molar-refractivity contribution in [1.29, 1.82) is 0 Å². The Morgan fingerprint density at radius 3 is 2.36 bits per heavy atom. The Balaban J connectivity index is 0.00000109. The van der Waals surface area contributed by atoms with Gasteiger partial charge in [-0.15, -0.1) is 0 Å². The molecule has 0 aromatic rings. The molecule has 1 N–H and O–H groups in total. The molecule has 4 aliphatic carbocycles. The molecule has 9 atom stereocenters. The highest BCUT2D eigenvalue weighted by Gasteiger charge is 2.60. The molecule has 0 spiro atoms. The number of rotatable bonds is 4. The van der Waals surface area contributed by atoms with E-state index in [4.69, 9.17) is 0 Å². The molecule has 4 fully saturated rings. The van der Waals surface area contributed by atoms with Gasteiger partial charge in [0.1, 0.15) is 6.29 Å². The summed E-state index contributed by atoms with van der Waals surface area (Å²) in [5.41, 5.74) is 1.01. The highest BCUT2D eigenvalue weighted by Crippen LogP contribution is 2.68. The van der Waals surface area contributed by atoms with Crippen molar-refractivity contribution in [2.45, 2.75) is 111 Å². The van der Waals surface area contributed by atoms with E-state index in [1.807, 2.05) is 13.8 Å². The summed E-state index contributed by atoms with van der Waals surface area (Å²) < 4.78 is 0. The number of carbonyl (C=O) groups is 1. The summed E-state index contributed by atoms with van der Waals surface area (Å²) in [4.78, 5) is 10.8. The number of aliphatic hydroxyl groups excluding tert-OH is 1. The van der Waals surface area contributed by atoms with Crippen LogP contribution in [-0.2, 0) is 4.79 Å². The second kappa shape index (κ2) is 8.78. The Bertz CT molecular complexity index is 531. The predicted octanol–water partition coefficient (Wildman–Crippen LogP) is 6.65. The normalized spacial score (nSPS) is 48.4. The molecule has 2 nitrogen and oxygen atoms in total. The van der Waals surface area contributed by atoms with E-state index in [1.165, 1.54) is 44.9 Å². The second-order valence-corrected chi connectivity index (χ2v) is 11.0. The lowest BCUT2D eigenvalue weighted by atomic mass is 9.44. The summed E-state index contributed by atoms with van der Waals surface area (Å²) >= 11 is 0. The Morgan fingerprint density at radius 1 is 0.964 bits per heavy atom. The van der Waals surface area contributed by atoms with E-state index < -0.39 is 0 Å². The fourth-order valence-electron chi connectivity index (χ4n) is 8.74. The lowest BCUT2D eigenvalue weighted by Crippen LogP contribution is -2.54. The van der Waals surface area contributed by atoms with Crippen LogP contribution in [-0.4, -0.2) is 17.5 Å². The van der Waals surface area contributed by atoms with Crippen molar-refractivity contribution >= 4 is 6.29 Å². The molecule has 0 saturated heterocycles. The Hall–Kier alpha value is -0.370. The minimum Gasteiger partial charge on any atom is -0.393 e. The van der Waals surface area contributed by atoms with Gasteiger partial charge in [0.15, 0.2) is 0 Å². The van der Waals surface area contributed by atoms with Crippen molar-refractivity contribution in [3.8, 4) is 0 Å². The maximum atomic E-state index is 10.8. The molecule has 4 aliphatic rings. The standard InChI is InChI=1S/C24H40O2.C2H6/c1-16(5-4-14-25)20-8-9-21-19-7-6-17-15-18(26)10-12-23(17,2)22(19)11-13-24(20,21)3;1-2/h14,16-22,26H,4-13,15H2,1-3H3;1-2H3. The van der Waals surface area contributed by atoms with E-state index in [-0.39, 0.29) is 6.10 Å². The molecule has 0 heterocycles. The Kier molecular flexibility index (Phi) is 7.00. The van der Waals surface area contributed by atoms with Crippen LogP contribution in [0.2, 0.25) is 0 Å². The second-order valence-electron chi connectivity index (χ2n) is 11.0. The topological polar surface area (TPSA) is 37.3 Å². The Labute approximate surface area is 174 Å². The maximum Gasteiger partial charge on any atom is 0.120 e. The van der Waals surface area contributed by atoms with Gasteiger partial charge in [0.05, 0.1) is 6.10 Å². The van der Waals surface area contributed by atoms with Crippen molar-refractivity contribution in [1.82, 2.24) is 0 Å². The van der Waals surface area contributed by atoms with Crippen LogP contribution >= 0.6 is 0 Å². The molecule has 9 unspecified atom stereocenters. The van der Waals surface area contributed by atoms with E-state index >= 15 is 0 Å². The number of hydrogen-bond donors (Lipinski definition) is 1. The quantitative estimate of drug-likeness (QED) is 0.546. The molecule has 2 heteroatoms. The summed E-state index contributed by atoms with van der Waals surface area (Å²) in [7, 11) is 0. The Morgan fingerprint density at radius 2 is 1.64 bits per heavy atom. The predicted molar refractivity (Wildman–Crippen MR) is 117 cm³/mol. The molecular weight excluding hydrogens is 344 g/mol. The van der Waals surface area contributed by atoms with Gasteiger partial charge in [-0.05, 0) is 111 Å². The summed E-state index contributed by atoms with van der Waals surface area (Å²) in [5.74, 6) is 5.02. The van der Waals surface area contributed by atoms with Gasteiger partial charge in [-0.25, -0.2) is 0 Å². The SMILES string of the molecule is CC.CC(CCC=O)C1CCC2C3CCC4CC(O)CCC4(C)C3CCC12C. The molecule has 0 bridgehead atoms. The first kappa shape index (κ1) is 22.3. The van der Waals surface area contributed by atoms with Crippen molar-refractivity contribution in [3.63, 3.8) is 0 Å². The van der Waals surface area contributed by atoms with E-state index in [2.05, 4.69) is 20.8 Å². The van der Waals surface area contributed by atoms with Crippen LogP contribution < -0.4 is 0 Å². The smallest absolute Gasteiger partial charge is 0.120 e. The number of fused-ring (bicyclic) bond motifs is 5. The summed E-state index contributed by atoms with van der Waals surface area (Å²) in [6, 6.07) is 0. The zero-order chi connectivity index (χ0) is 20.5. The number of hydrogen-bond acceptors (Lipinski definition) is 2. The third-order valence-corrected chi connectivity index (χ3v) is 10.1. The number of carbonyl (C=O) groups excluding carboxylic acids is 1. The van der Waals surface area contributed by atoms with Crippen molar-refractivity contribution < 1.29 is 9.90 Å². The monoisotopic (exact) mass is 390 g/mol. The summed E-state index contributed by atoms with van der Waals surface area (Å²) in [6.07, 6.45) is 14.7. The van der Waals surface area contributed by atoms with Crippen LogP contribution in [0.15, 0.2) is 0 Å². The minimum absolute atomic E-state index is 0.0342. The fourth-order valence-corrected chi connectivity index (χ4v) is 8.74. The van der Waals surface area contributed by atoms with Gasteiger partial charge in [-0.1, -0.05) is 34.6 Å². The lowest BCUT2D eigenvalue weighted by Gasteiger charge is -2.61. The van der Waals surface area contributed by atoms with E-state index in [9.17, 15) is 9.90 Å². The van der Waals surface area contributed by atoms with Crippen LogP contribution in [0.3, 0.4) is 0 Å². The van der Waals surface area contributed by atoms with Gasteiger partial charge < -0.3 is 9.90 Å². The lowest BCUT2D eigenvalue weighted by molar-refractivity contribution is -0.129. The van der Waals surface area contributed by atoms with Crippen LogP contribution in [0.5, 0.6) is 0 Å². The molecule has 0 aliphatic heterocycles. The van der Waals surface area contributed by atoms with E-state index in [1.54, 1.807) is 0 Å². The molecule has 0 aromatic carbocycles.